The average Bonchev–Trinajstić information content (AvgIpc) is 2.61. The quantitative estimate of drug-likeness (QED) is 0.695. The minimum Gasteiger partial charge on any atom is -0.327 e. The van der Waals surface area contributed by atoms with Gasteiger partial charge in [0.1, 0.15) is 5.78 Å². The molecule has 2 heteroatoms. The Morgan fingerprint density at radius 3 is 2.21 bits per heavy atom. The molecule has 0 spiro atoms. The Kier molecular flexibility index (Phi) is 2.22. The normalized spacial score (nSPS) is 41.7. The van der Waals surface area contributed by atoms with Crippen molar-refractivity contribution in [2.75, 3.05) is 0 Å². The van der Waals surface area contributed by atoms with E-state index in [2.05, 4.69) is 0 Å². The molecule has 0 aromatic carbocycles. The molecule has 2 fully saturated rings. The fourth-order valence-electron chi connectivity index (χ4n) is 3.22. The number of carbonyl (C=O) groups excluding carboxylic acids is 1. The molecule has 4 unspecified atom stereocenters. The third-order valence-corrected chi connectivity index (χ3v) is 4.02. The van der Waals surface area contributed by atoms with E-state index in [1.807, 2.05) is 20.8 Å². The lowest BCUT2D eigenvalue weighted by molar-refractivity contribution is -0.132. The lowest BCUT2D eigenvalue weighted by Crippen LogP contribution is -2.44. The summed E-state index contributed by atoms with van der Waals surface area (Å²) in [6, 6.07) is 0.153. The highest BCUT2D eigenvalue weighted by molar-refractivity contribution is 5.87. The van der Waals surface area contributed by atoms with Crippen LogP contribution in [-0.2, 0) is 4.79 Å². The molecule has 4 atom stereocenters. The van der Waals surface area contributed by atoms with Crippen LogP contribution in [0.2, 0.25) is 0 Å². The number of fused-ring (bicyclic) bond motifs is 2. The SMILES string of the molecule is CC(C)(C)C(=O)C1C2CCC(C2)C1N. The van der Waals surface area contributed by atoms with Crippen LogP contribution in [0, 0.1) is 23.2 Å². The van der Waals surface area contributed by atoms with Crippen molar-refractivity contribution >= 4 is 5.78 Å². The van der Waals surface area contributed by atoms with Crippen LogP contribution < -0.4 is 5.73 Å². The van der Waals surface area contributed by atoms with Crippen molar-refractivity contribution in [3.8, 4) is 0 Å². The topological polar surface area (TPSA) is 43.1 Å². The van der Waals surface area contributed by atoms with Crippen LogP contribution in [0.15, 0.2) is 0 Å². The van der Waals surface area contributed by atoms with Crippen molar-refractivity contribution in [2.45, 2.75) is 46.1 Å². The molecule has 0 aliphatic heterocycles. The molecule has 2 rings (SSSR count). The van der Waals surface area contributed by atoms with E-state index in [9.17, 15) is 4.79 Å². The zero-order valence-corrected chi connectivity index (χ0v) is 9.42. The van der Waals surface area contributed by atoms with Gasteiger partial charge in [-0.15, -0.1) is 0 Å². The molecule has 14 heavy (non-hydrogen) atoms. The fourth-order valence-corrected chi connectivity index (χ4v) is 3.22. The van der Waals surface area contributed by atoms with E-state index in [0.29, 0.717) is 17.6 Å². The fraction of sp³-hybridized carbons (Fsp3) is 0.917. The monoisotopic (exact) mass is 195 g/mol. The number of rotatable bonds is 1. The summed E-state index contributed by atoms with van der Waals surface area (Å²) in [7, 11) is 0. The number of hydrogen-bond donors (Lipinski definition) is 1. The smallest absolute Gasteiger partial charge is 0.143 e. The molecule has 80 valence electrons. The Balaban J connectivity index is 2.16. The van der Waals surface area contributed by atoms with Gasteiger partial charge >= 0.3 is 0 Å². The van der Waals surface area contributed by atoms with Crippen molar-refractivity contribution < 1.29 is 4.79 Å². The Hall–Kier alpha value is -0.370. The van der Waals surface area contributed by atoms with E-state index in [-0.39, 0.29) is 17.4 Å². The van der Waals surface area contributed by atoms with Gasteiger partial charge in [-0.3, -0.25) is 4.79 Å². The lowest BCUT2D eigenvalue weighted by Gasteiger charge is -2.31. The second-order valence-electron chi connectivity index (χ2n) is 6.05. The number of carbonyl (C=O) groups is 1. The Morgan fingerprint density at radius 2 is 1.79 bits per heavy atom. The first-order valence-corrected chi connectivity index (χ1v) is 5.71. The van der Waals surface area contributed by atoms with E-state index in [1.54, 1.807) is 0 Å². The lowest BCUT2D eigenvalue weighted by atomic mass is 9.74. The van der Waals surface area contributed by atoms with Gasteiger partial charge in [-0.2, -0.15) is 0 Å². The summed E-state index contributed by atoms with van der Waals surface area (Å²) in [5.74, 6) is 1.78. The van der Waals surface area contributed by atoms with Crippen molar-refractivity contribution in [1.82, 2.24) is 0 Å². The standard InChI is InChI=1S/C12H21NO/c1-12(2,3)11(14)9-7-4-5-8(6-7)10(9)13/h7-10H,4-6,13H2,1-3H3. The summed E-state index contributed by atoms with van der Waals surface area (Å²) in [4.78, 5) is 12.2. The molecule has 0 amide bonds. The van der Waals surface area contributed by atoms with E-state index in [0.717, 1.165) is 0 Å². The second kappa shape index (κ2) is 3.06. The van der Waals surface area contributed by atoms with Gasteiger partial charge in [0.2, 0.25) is 0 Å². The van der Waals surface area contributed by atoms with Gasteiger partial charge < -0.3 is 5.73 Å². The van der Waals surface area contributed by atoms with E-state index in [1.165, 1.54) is 19.3 Å². The maximum atomic E-state index is 12.2. The predicted octanol–water partition coefficient (Wildman–Crippen LogP) is 1.98. The summed E-state index contributed by atoms with van der Waals surface area (Å²) < 4.78 is 0. The van der Waals surface area contributed by atoms with Crippen LogP contribution in [0.1, 0.15) is 40.0 Å². The van der Waals surface area contributed by atoms with Crippen LogP contribution in [-0.4, -0.2) is 11.8 Å². The highest BCUT2D eigenvalue weighted by Gasteiger charge is 2.50. The Labute approximate surface area is 86.2 Å². The van der Waals surface area contributed by atoms with E-state index >= 15 is 0 Å². The summed E-state index contributed by atoms with van der Waals surface area (Å²) in [5.41, 5.74) is 5.93. The van der Waals surface area contributed by atoms with Gasteiger partial charge in [0.15, 0.2) is 0 Å². The predicted molar refractivity (Wildman–Crippen MR) is 56.8 cm³/mol. The van der Waals surface area contributed by atoms with Crippen molar-refractivity contribution in [3.05, 3.63) is 0 Å². The highest BCUT2D eigenvalue weighted by atomic mass is 16.1. The third kappa shape index (κ3) is 1.40. The van der Waals surface area contributed by atoms with Crippen LogP contribution in [0.4, 0.5) is 0 Å². The van der Waals surface area contributed by atoms with Crippen LogP contribution in [0.5, 0.6) is 0 Å². The molecule has 0 heterocycles. The number of nitrogens with two attached hydrogens (primary N) is 1. The molecular formula is C12H21NO. The Bertz CT molecular complexity index is 252. The van der Waals surface area contributed by atoms with Crippen LogP contribution in [0.3, 0.4) is 0 Å². The number of hydrogen-bond acceptors (Lipinski definition) is 2. The van der Waals surface area contributed by atoms with Crippen molar-refractivity contribution in [2.24, 2.45) is 28.9 Å². The molecule has 2 N–H and O–H groups in total. The summed E-state index contributed by atoms with van der Waals surface area (Å²) in [6.45, 7) is 6.02. The van der Waals surface area contributed by atoms with Crippen LogP contribution in [0.25, 0.3) is 0 Å². The summed E-state index contributed by atoms with van der Waals surface area (Å²) in [5, 5.41) is 0. The zero-order chi connectivity index (χ0) is 10.5. The minimum absolute atomic E-state index is 0.153. The first kappa shape index (κ1) is 10.2. The molecule has 0 radical (unpaired) electrons. The zero-order valence-electron chi connectivity index (χ0n) is 9.42. The van der Waals surface area contributed by atoms with Gasteiger partial charge in [0, 0.05) is 17.4 Å². The maximum absolute atomic E-state index is 12.2. The molecule has 0 saturated heterocycles. The summed E-state index contributed by atoms with van der Waals surface area (Å²) >= 11 is 0. The first-order chi connectivity index (χ1) is 6.41. The number of Topliss-reactive ketones (excluding diaryl/α,β-unsaturated/α-hetero) is 1. The molecule has 2 bridgehead atoms. The van der Waals surface area contributed by atoms with E-state index in [4.69, 9.17) is 5.73 Å². The van der Waals surface area contributed by atoms with E-state index < -0.39 is 0 Å². The highest BCUT2D eigenvalue weighted by Crippen LogP contribution is 2.49. The van der Waals surface area contributed by atoms with Crippen molar-refractivity contribution in [3.63, 3.8) is 0 Å². The van der Waals surface area contributed by atoms with Gasteiger partial charge in [-0.1, -0.05) is 20.8 Å². The molecule has 2 aliphatic rings. The van der Waals surface area contributed by atoms with Gasteiger partial charge in [-0.25, -0.2) is 0 Å². The average molecular weight is 195 g/mol. The molecular weight excluding hydrogens is 174 g/mol. The maximum Gasteiger partial charge on any atom is 0.143 e. The van der Waals surface area contributed by atoms with Gasteiger partial charge in [0.25, 0.3) is 0 Å². The largest absolute Gasteiger partial charge is 0.327 e. The van der Waals surface area contributed by atoms with Gasteiger partial charge in [0.05, 0.1) is 0 Å². The molecule has 0 aromatic rings. The van der Waals surface area contributed by atoms with Crippen molar-refractivity contribution in [1.29, 1.82) is 0 Å². The third-order valence-electron chi connectivity index (χ3n) is 4.02. The number of ketones is 1. The molecule has 0 aromatic heterocycles. The summed E-state index contributed by atoms with van der Waals surface area (Å²) in [6.07, 6.45) is 3.68. The molecule has 2 saturated carbocycles. The first-order valence-electron chi connectivity index (χ1n) is 5.71. The van der Waals surface area contributed by atoms with Gasteiger partial charge in [-0.05, 0) is 31.1 Å². The minimum atomic E-state index is -0.216. The molecule has 2 aliphatic carbocycles. The Morgan fingerprint density at radius 1 is 1.21 bits per heavy atom. The second-order valence-corrected chi connectivity index (χ2v) is 6.05. The molecule has 2 nitrogen and oxygen atoms in total. The van der Waals surface area contributed by atoms with Crippen LogP contribution >= 0.6 is 0 Å².